The Hall–Kier alpha value is -0.610. The van der Waals surface area contributed by atoms with E-state index in [1.165, 1.54) is 6.92 Å². The van der Waals surface area contributed by atoms with Crippen LogP contribution >= 0.6 is 0 Å². The molecule has 1 atom stereocenters. The Morgan fingerprint density at radius 3 is 2.64 bits per heavy atom. The van der Waals surface area contributed by atoms with Crippen molar-refractivity contribution in [2.45, 2.75) is 26.6 Å². The van der Waals surface area contributed by atoms with Gasteiger partial charge < -0.3 is 14.6 Å². The van der Waals surface area contributed by atoms with E-state index in [0.29, 0.717) is 6.42 Å². The molecule has 66 valence electrons. The van der Waals surface area contributed by atoms with Crippen LogP contribution in [0, 0.1) is 0 Å². The summed E-state index contributed by atoms with van der Waals surface area (Å²) in [4.78, 5) is 10.5. The zero-order valence-corrected chi connectivity index (χ0v) is 6.87. The molecule has 0 aliphatic rings. The van der Waals surface area contributed by atoms with Crippen LogP contribution in [0.3, 0.4) is 0 Å². The monoisotopic (exact) mass is 162 g/mol. The standard InChI is InChI=1S/C7H14O4/c1-3-7(9)11-5-4-10-6(2)8/h6,8H,3-5H2,1-2H3. The van der Waals surface area contributed by atoms with Gasteiger partial charge in [0.15, 0.2) is 6.29 Å². The first-order valence-electron chi connectivity index (χ1n) is 3.62. The smallest absolute Gasteiger partial charge is 0.305 e. The number of carbonyl (C=O) groups is 1. The van der Waals surface area contributed by atoms with Crippen molar-refractivity contribution in [1.29, 1.82) is 0 Å². The van der Waals surface area contributed by atoms with Gasteiger partial charge in [-0.25, -0.2) is 0 Å². The maximum atomic E-state index is 10.5. The second kappa shape index (κ2) is 6.12. The van der Waals surface area contributed by atoms with E-state index in [0.717, 1.165) is 0 Å². The molecule has 0 saturated carbocycles. The van der Waals surface area contributed by atoms with E-state index in [9.17, 15) is 4.79 Å². The Kier molecular flexibility index (Phi) is 5.78. The van der Waals surface area contributed by atoms with Crippen LogP contribution in [-0.2, 0) is 14.3 Å². The molecule has 1 unspecified atom stereocenters. The summed E-state index contributed by atoms with van der Waals surface area (Å²) in [5.74, 6) is -0.251. The SMILES string of the molecule is CCC(=O)OCCOC(C)O. The summed E-state index contributed by atoms with van der Waals surface area (Å²) < 4.78 is 9.38. The zero-order valence-electron chi connectivity index (χ0n) is 6.87. The molecular formula is C7H14O4. The van der Waals surface area contributed by atoms with Crippen molar-refractivity contribution in [3.8, 4) is 0 Å². The molecular weight excluding hydrogens is 148 g/mol. The molecule has 11 heavy (non-hydrogen) atoms. The van der Waals surface area contributed by atoms with E-state index in [-0.39, 0.29) is 19.2 Å². The van der Waals surface area contributed by atoms with E-state index in [1.54, 1.807) is 6.92 Å². The Labute approximate surface area is 66.1 Å². The van der Waals surface area contributed by atoms with Gasteiger partial charge in [-0.05, 0) is 6.92 Å². The Bertz CT molecular complexity index is 111. The molecule has 0 aliphatic heterocycles. The molecule has 0 amide bonds. The van der Waals surface area contributed by atoms with Gasteiger partial charge in [-0.15, -0.1) is 0 Å². The maximum Gasteiger partial charge on any atom is 0.305 e. The number of aliphatic hydroxyl groups is 1. The molecule has 0 heterocycles. The first-order chi connectivity index (χ1) is 5.16. The lowest BCUT2D eigenvalue weighted by Gasteiger charge is -2.06. The van der Waals surface area contributed by atoms with Crippen LogP contribution < -0.4 is 0 Å². The van der Waals surface area contributed by atoms with Crippen molar-refractivity contribution in [2.24, 2.45) is 0 Å². The third-order valence-electron chi connectivity index (χ3n) is 0.994. The highest BCUT2D eigenvalue weighted by molar-refractivity contribution is 5.68. The van der Waals surface area contributed by atoms with Crippen LogP contribution in [0.25, 0.3) is 0 Å². The quantitative estimate of drug-likeness (QED) is 0.359. The van der Waals surface area contributed by atoms with Gasteiger partial charge in [0, 0.05) is 6.42 Å². The second-order valence-electron chi connectivity index (χ2n) is 2.04. The van der Waals surface area contributed by atoms with E-state index in [1.807, 2.05) is 0 Å². The Morgan fingerprint density at radius 2 is 2.18 bits per heavy atom. The molecule has 0 bridgehead atoms. The van der Waals surface area contributed by atoms with Crippen molar-refractivity contribution in [2.75, 3.05) is 13.2 Å². The third kappa shape index (κ3) is 7.29. The van der Waals surface area contributed by atoms with Crippen LogP contribution in [0.5, 0.6) is 0 Å². The number of hydrogen-bond acceptors (Lipinski definition) is 4. The Balaban J connectivity index is 3.08. The van der Waals surface area contributed by atoms with Crippen LogP contribution in [0.1, 0.15) is 20.3 Å². The van der Waals surface area contributed by atoms with E-state index in [2.05, 4.69) is 4.74 Å². The lowest BCUT2D eigenvalue weighted by molar-refractivity contribution is -0.149. The minimum atomic E-state index is -0.796. The molecule has 1 N–H and O–H groups in total. The number of hydrogen-bond donors (Lipinski definition) is 1. The fourth-order valence-corrected chi connectivity index (χ4v) is 0.476. The van der Waals surface area contributed by atoms with Crippen LogP contribution in [0.2, 0.25) is 0 Å². The van der Waals surface area contributed by atoms with Gasteiger partial charge >= 0.3 is 5.97 Å². The molecule has 0 aromatic carbocycles. The zero-order chi connectivity index (χ0) is 8.69. The molecule has 4 nitrogen and oxygen atoms in total. The molecule has 0 saturated heterocycles. The predicted octanol–water partition coefficient (Wildman–Crippen LogP) is 0.295. The fraction of sp³-hybridized carbons (Fsp3) is 0.857. The fourth-order valence-electron chi connectivity index (χ4n) is 0.476. The average molecular weight is 162 g/mol. The molecule has 0 aromatic rings. The van der Waals surface area contributed by atoms with E-state index in [4.69, 9.17) is 9.84 Å². The topological polar surface area (TPSA) is 55.8 Å². The number of ether oxygens (including phenoxy) is 2. The van der Waals surface area contributed by atoms with Crippen molar-refractivity contribution < 1.29 is 19.4 Å². The van der Waals surface area contributed by atoms with Crippen LogP contribution in [-0.4, -0.2) is 30.6 Å². The van der Waals surface area contributed by atoms with Crippen molar-refractivity contribution in [3.63, 3.8) is 0 Å². The van der Waals surface area contributed by atoms with Gasteiger partial charge in [-0.3, -0.25) is 4.79 Å². The largest absolute Gasteiger partial charge is 0.463 e. The highest BCUT2D eigenvalue weighted by Gasteiger charge is 1.98. The third-order valence-corrected chi connectivity index (χ3v) is 0.994. The van der Waals surface area contributed by atoms with E-state index < -0.39 is 6.29 Å². The molecule has 0 aromatic heterocycles. The van der Waals surface area contributed by atoms with Gasteiger partial charge in [0.05, 0.1) is 6.61 Å². The van der Waals surface area contributed by atoms with Crippen LogP contribution in [0.15, 0.2) is 0 Å². The summed E-state index contributed by atoms with van der Waals surface area (Å²) in [6, 6.07) is 0. The number of carbonyl (C=O) groups excluding carboxylic acids is 1. The van der Waals surface area contributed by atoms with Gasteiger partial charge in [0.1, 0.15) is 6.61 Å². The minimum Gasteiger partial charge on any atom is -0.463 e. The van der Waals surface area contributed by atoms with E-state index >= 15 is 0 Å². The first-order valence-corrected chi connectivity index (χ1v) is 3.62. The summed E-state index contributed by atoms with van der Waals surface area (Å²) >= 11 is 0. The van der Waals surface area contributed by atoms with Gasteiger partial charge in [0.25, 0.3) is 0 Å². The molecule has 0 rings (SSSR count). The minimum absolute atomic E-state index is 0.206. The van der Waals surface area contributed by atoms with Crippen molar-refractivity contribution in [3.05, 3.63) is 0 Å². The number of rotatable bonds is 5. The molecule has 0 radical (unpaired) electrons. The highest BCUT2D eigenvalue weighted by atomic mass is 16.6. The van der Waals surface area contributed by atoms with Gasteiger partial charge in [0.2, 0.25) is 0 Å². The van der Waals surface area contributed by atoms with Gasteiger partial charge in [-0.1, -0.05) is 6.92 Å². The summed E-state index contributed by atoms with van der Waals surface area (Å²) in [6.07, 6.45) is -0.426. The molecule has 4 heteroatoms. The summed E-state index contributed by atoms with van der Waals surface area (Å²) in [5.41, 5.74) is 0. The first kappa shape index (κ1) is 10.4. The summed E-state index contributed by atoms with van der Waals surface area (Å²) in [6.45, 7) is 3.67. The van der Waals surface area contributed by atoms with Crippen molar-refractivity contribution >= 4 is 5.97 Å². The predicted molar refractivity (Wildman–Crippen MR) is 38.9 cm³/mol. The number of esters is 1. The van der Waals surface area contributed by atoms with Crippen LogP contribution in [0.4, 0.5) is 0 Å². The van der Waals surface area contributed by atoms with Crippen molar-refractivity contribution in [1.82, 2.24) is 0 Å². The molecule has 0 fully saturated rings. The lowest BCUT2D eigenvalue weighted by atomic mass is 10.5. The lowest BCUT2D eigenvalue weighted by Crippen LogP contribution is -2.14. The summed E-state index contributed by atoms with van der Waals surface area (Å²) in [5, 5.41) is 8.61. The summed E-state index contributed by atoms with van der Waals surface area (Å²) in [7, 11) is 0. The number of aliphatic hydroxyl groups excluding tert-OH is 1. The molecule has 0 spiro atoms. The highest BCUT2D eigenvalue weighted by Crippen LogP contribution is 1.87. The normalized spacial score (nSPS) is 12.6. The molecule has 0 aliphatic carbocycles. The average Bonchev–Trinajstić information content (AvgIpc) is 1.97. The Morgan fingerprint density at radius 1 is 1.55 bits per heavy atom. The second-order valence-corrected chi connectivity index (χ2v) is 2.04. The van der Waals surface area contributed by atoms with Gasteiger partial charge in [-0.2, -0.15) is 0 Å². The maximum absolute atomic E-state index is 10.5.